The largest absolute Gasteiger partial charge is 0.310 e. The van der Waals surface area contributed by atoms with Gasteiger partial charge in [0.25, 0.3) is 5.91 Å². The minimum atomic E-state index is -0.218. The Morgan fingerprint density at radius 1 is 1.15 bits per heavy atom. The molecule has 8 nitrogen and oxygen atoms in total. The van der Waals surface area contributed by atoms with Crippen molar-refractivity contribution in [2.24, 2.45) is 0 Å². The van der Waals surface area contributed by atoms with Crippen LogP contribution in [0.3, 0.4) is 0 Å². The van der Waals surface area contributed by atoms with E-state index < -0.39 is 0 Å². The van der Waals surface area contributed by atoms with Gasteiger partial charge in [-0.1, -0.05) is 17.9 Å². The molecule has 1 aromatic carbocycles. The van der Waals surface area contributed by atoms with Gasteiger partial charge in [-0.2, -0.15) is 0 Å². The normalized spacial score (nSPS) is 14.5. The van der Waals surface area contributed by atoms with Crippen molar-refractivity contribution < 1.29 is 9.59 Å². The van der Waals surface area contributed by atoms with Crippen LogP contribution in [0, 0.1) is 18.8 Å². The monoisotopic (exact) mass is 448 g/mol. The number of rotatable bonds is 6. The second kappa shape index (κ2) is 11.6. The number of nitrogens with zero attached hydrogens (tertiary/aromatic N) is 3. The van der Waals surface area contributed by atoms with Crippen LogP contribution in [0.1, 0.15) is 39.9 Å². The van der Waals surface area contributed by atoms with Gasteiger partial charge < -0.3 is 10.2 Å². The summed E-state index contributed by atoms with van der Waals surface area (Å²) in [4.78, 5) is 33.2. The van der Waals surface area contributed by atoms with E-state index in [1.165, 1.54) is 0 Å². The van der Waals surface area contributed by atoms with Crippen LogP contribution < -0.4 is 16.2 Å². The first-order valence-corrected chi connectivity index (χ1v) is 11.1. The lowest BCUT2D eigenvalue weighted by Gasteiger charge is -2.34. The number of benzene rings is 1. The van der Waals surface area contributed by atoms with E-state index in [0.29, 0.717) is 24.0 Å². The van der Waals surface area contributed by atoms with Crippen molar-refractivity contribution in [2.45, 2.75) is 25.8 Å². The van der Waals surface area contributed by atoms with Crippen LogP contribution in [-0.4, -0.2) is 73.4 Å². The van der Waals surface area contributed by atoms with Crippen LogP contribution in [0.15, 0.2) is 36.5 Å². The minimum Gasteiger partial charge on any atom is -0.310 e. The minimum absolute atomic E-state index is 0.0584. The number of likely N-dealkylation sites (tertiary alicyclic amines) is 1. The summed E-state index contributed by atoms with van der Waals surface area (Å²) >= 11 is 0. The number of hydrogen-bond acceptors (Lipinski definition) is 6. The van der Waals surface area contributed by atoms with Gasteiger partial charge in [0.1, 0.15) is 5.82 Å². The third-order valence-corrected chi connectivity index (χ3v) is 5.77. The summed E-state index contributed by atoms with van der Waals surface area (Å²) in [5, 5.41) is 2.86. The van der Waals surface area contributed by atoms with E-state index in [-0.39, 0.29) is 11.8 Å². The van der Waals surface area contributed by atoms with Crippen LogP contribution in [-0.2, 0) is 4.79 Å². The van der Waals surface area contributed by atoms with E-state index in [9.17, 15) is 9.59 Å². The van der Waals surface area contributed by atoms with E-state index in [0.717, 1.165) is 42.6 Å². The number of carbonyl (C=O) groups excluding carboxylic acids is 2. The molecule has 3 rings (SSSR count). The molecule has 8 heteroatoms. The Labute approximate surface area is 195 Å². The molecule has 0 unspecified atom stereocenters. The van der Waals surface area contributed by atoms with Gasteiger partial charge in [-0.15, -0.1) is 0 Å². The highest BCUT2D eigenvalue weighted by atomic mass is 16.2. The quantitative estimate of drug-likeness (QED) is 0.460. The van der Waals surface area contributed by atoms with Gasteiger partial charge in [0, 0.05) is 49.1 Å². The van der Waals surface area contributed by atoms with E-state index in [2.05, 4.69) is 56.9 Å². The van der Waals surface area contributed by atoms with Crippen molar-refractivity contribution in [2.75, 3.05) is 46.1 Å². The van der Waals surface area contributed by atoms with E-state index in [1.807, 2.05) is 19.1 Å². The molecule has 3 N–H and O–H groups in total. The van der Waals surface area contributed by atoms with E-state index in [4.69, 9.17) is 0 Å². The van der Waals surface area contributed by atoms with Gasteiger partial charge in [-0.05, 0) is 63.7 Å². The summed E-state index contributed by atoms with van der Waals surface area (Å²) in [7, 11) is 5.85. The molecule has 33 heavy (non-hydrogen) atoms. The fourth-order valence-electron chi connectivity index (χ4n) is 3.74. The van der Waals surface area contributed by atoms with Gasteiger partial charge in [0.15, 0.2) is 0 Å². The van der Waals surface area contributed by atoms with Crippen molar-refractivity contribution in [3.05, 3.63) is 58.8 Å². The van der Waals surface area contributed by atoms with Gasteiger partial charge in [-0.25, -0.2) is 10.4 Å². The highest BCUT2D eigenvalue weighted by Gasteiger charge is 2.22. The number of hydrogen-bond donors (Lipinski definition) is 3. The fraction of sp³-hybridized carbons (Fsp3) is 0.400. The fourth-order valence-corrected chi connectivity index (χ4v) is 3.74. The molecule has 2 aromatic rings. The molecule has 0 bridgehead atoms. The third-order valence-electron chi connectivity index (χ3n) is 5.77. The number of hydrazine groups is 1. The summed E-state index contributed by atoms with van der Waals surface area (Å²) < 4.78 is 0. The van der Waals surface area contributed by atoms with Gasteiger partial charge in [0.2, 0.25) is 5.91 Å². The molecule has 1 aliphatic heterocycles. The van der Waals surface area contributed by atoms with Crippen LogP contribution >= 0.6 is 0 Å². The summed E-state index contributed by atoms with van der Waals surface area (Å²) in [6.07, 6.45) is 3.79. The highest BCUT2D eigenvalue weighted by Crippen LogP contribution is 2.14. The maximum Gasteiger partial charge on any atom is 0.265 e. The number of aryl methyl sites for hydroxylation is 1. The van der Waals surface area contributed by atoms with Crippen LogP contribution in [0.5, 0.6) is 0 Å². The van der Waals surface area contributed by atoms with Crippen molar-refractivity contribution in [1.82, 2.24) is 25.6 Å². The van der Waals surface area contributed by atoms with E-state index in [1.54, 1.807) is 31.4 Å². The molecule has 174 valence electrons. The molecule has 0 aliphatic carbocycles. The van der Waals surface area contributed by atoms with Crippen LogP contribution in [0.2, 0.25) is 0 Å². The number of carbonyl (C=O) groups is 2. The number of piperidine rings is 1. The Morgan fingerprint density at radius 2 is 1.91 bits per heavy atom. The van der Waals surface area contributed by atoms with Crippen LogP contribution in [0.25, 0.3) is 0 Å². The Morgan fingerprint density at radius 3 is 2.55 bits per heavy atom. The molecule has 0 atom stereocenters. The Bertz CT molecular complexity index is 1030. The van der Waals surface area contributed by atoms with Gasteiger partial charge in [-0.3, -0.25) is 19.9 Å². The van der Waals surface area contributed by atoms with Crippen molar-refractivity contribution in [3.8, 4) is 11.8 Å². The first-order chi connectivity index (χ1) is 15.9. The molecule has 0 radical (unpaired) electrons. The zero-order valence-corrected chi connectivity index (χ0v) is 19.7. The first kappa shape index (κ1) is 24.4. The maximum atomic E-state index is 12.4. The number of aromatic nitrogens is 1. The molecule has 1 fully saturated rings. The summed E-state index contributed by atoms with van der Waals surface area (Å²) in [6.45, 7) is 4.18. The summed E-state index contributed by atoms with van der Waals surface area (Å²) in [5.41, 5.74) is 8.18. The van der Waals surface area contributed by atoms with Gasteiger partial charge in [0.05, 0.1) is 6.54 Å². The topological polar surface area (TPSA) is 89.6 Å². The molecular weight excluding hydrogens is 416 g/mol. The lowest BCUT2D eigenvalue weighted by Crippen LogP contribution is -2.44. The molecule has 1 aliphatic rings. The van der Waals surface area contributed by atoms with E-state index >= 15 is 0 Å². The Hall–Kier alpha value is -3.25. The highest BCUT2D eigenvalue weighted by molar-refractivity contribution is 5.94. The SMILES string of the molecule is CNNC(=O)c1ccc(C)c(C#Cc2ccc(NC(=O)CN3CCC(N(C)C)CC3)nc2)c1. The molecular formula is C25H32N6O2. The second-order valence-electron chi connectivity index (χ2n) is 8.44. The summed E-state index contributed by atoms with van der Waals surface area (Å²) in [6, 6.07) is 9.56. The number of amides is 2. The zero-order valence-electron chi connectivity index (χ0n) is 19.7. The molecule has 0 saturated carbocycles. The maximum absolute atomic E-state index is 12.4. The number of pyridine rings is 1. The zero-order chi connectivity index (χ0) is 23.8. The molecule has 1 aromatic heterocycles. The predicted molar refractivity (Wildman–Crippen MR) is 130 cm³/mol. The van der Waals surface area contributed by atoms with Crippen molar-refractivity contribution >= 4 is 17.6 Å². The second-order valence-corrected chi connectivity index (χ2v) is 8.44. The lowest BCUT2D eigenvalue weighted by molar-refractivity contribution is -0.117. The van der Waals surface area contributed by atoms with Crippen LogP contribution in [0.4, 0.5) is 5.82 Å². The molecule has 2 amide bonds. The third kappa shape index (κ3) is 7.12. The standard InChI is InChI=1S/C25H32N6O2/c1-18-5-8-21(25(33)29-26-2)15-20(18)9-6-19-7-10-23(27-16-19)28-24(32)17-31-13-11-22(12-14-31)30(3)4/h5,7-8,10,15-16,22,26H,11-14,17H2,1-4H3,(H,29,33)(H,27,28,32). The smallest absolute Gasteiger partial charge is 0.265 e. The average molecular weight is 449 g/mol. The number of anilines is 1. The Balaban J connectivity index is 1.56. The lowest BCUT2D eigenvalue weighted by atomic mass is 10.0. The Kier molecular flexibility index (Phi) is 8.55. The first-order valence-electron chi connectivity index (χ1n) is 11.1. The summed E-state index contributed by atoms with van der Waals surface area (Å²) in [5.74, 6) is 6.41. The molecule has 0 spiro atoms. The van der Waals surface area contributed by atoms with Crippen molar-refractivity contribution in [1.29, 1.82) is 0 Å². The molecule has 2 heterocycles. The average Bonchev–Trinajstić information content (AvgIpc) is 2.80. The molecule has 1 saturated heterocycles. The van der Waals surface area contributed by atoms with Crippen molar-refractivity contribution in [3.63, 3.8) is 0 Å². The predicted octanol–water partition coefficient (Wildman–Crippen LogP) is 1.62. The van der Waals surface area contributed by atoms with Gasteiger partial charge >= 0.3 is 0 Å². The number of nitrogens with one attached hydrogen (secondary N) is 3.